The van der Waals surface area contributed by atoms with Gasteiger partial charge in [0.05, 0.1) is 5.69 Å². The Balaban J connectivity index is 1.39. The summed E-state index contributed by atoms with van der Waals surface area (Å²) in [7, 11) is 0. The van der Waals surface area contributed by atoms with Crippen LogP contribution in [0.4, 0.5) is 0 Å². The number of hydrogen-bond donors (Lipinski definition) is 1. The summed E-state index contributed by atoms with van der Waals surface area (Å²) in [6.07, 6.45) is 12.9. The minimum absolute atomic E-state index is 0.216. The summed E-state index contributed by atoms with van der Waals surface area (Å²) in [6, 6.07) is 1.97. The standard InChI is InChI=1S/C18H26N4O/c1-14-10-17-20-12-16(13-22(17)21-14)8-5-9-19-18(23)11-15-6-3-2-4-7-15/h10,12-13,15H,2-9,11H2,1H3,(H,19,23). The molecule has 0 radical (unpaired) electrons. The molecule has 2 aromatic heterocycles. The van der Waals surface area contributed by atoms with E-state index in [-0.39, 0.29) is 5.91 Å². The van der Waals surface area contributed by atoms with E-state index in [9.17, 15) is 4.79 Å². The Morgan fingerprint density at radius 3 is 3.00 bits per heavy atom. The van der Waals surface area contributed by atoms with Crippen molar-refractivity contribution in [3.8, 4) is 0 Å². The summed E-state index contributed by atoms with van der Waals surface area (Å²) in [4.78, 5) is 16.4. The first-order valence-corrected chi connectivity index (χ1v) is 8.78. The molecule has 0 aromatic carbocycles. The lowest BCUT2D eigenvalue weighted by molar-refractivity contribution is -0.122. The zero-order valence-corrected chi connectivity index (χ0v) is 13.9. The van der Waals surface area contributed by atoms with Crippen LogP contribution in [-0.2, 0) is 11.2 Å². The van der Waals surface area contributed by atoms with Crippen LogP contribution in [0.5, 0.6) is 0 Å². The van der Waals surface area contributed by atoms with E-state index in [0.717, 1.165) is 36.3 Å². The molecular formula is C18H26N4O. The molecule has 0 unspecified atom stereocenters. The van der Waals surface area contributed by atoms with E-state index < -0.39 is 0 Å². The van der Waals surface area contributed by atoms with Crippen LogP contribution in [0.25, 0.3) is 5.65 Å². The van der Waals surface area contributed by atoms with Crippen LogP contribution in [0.3, 0.4) is 0 Å². The molecule has 1 amide bonds. The fourth-order valence-corrected chi connectivity index (χ4v) is 3.41. The van der Waals surface area contributed by atoms with Gasteiger partial charge in [-0.1, -0.05) is 19.3 Å². The van der Waals surface area contributed by atoms with Gasteiger partial charge >= 0.3 is 0 Å². The van der Waals surface area contributed by atoms with Crippen molar-refractivity contribution in [2.24, 2.45) is 5.92 Å². The molecule has 2 heterocycles. The van der Waals surface area contributed by atoms with Crippen molar-refractivity contribution >= 4 is 11.6 Å². The summed E-state index contributed by atoms with van der Waals surface area (Å²) in [5.41, 5.74) is 3.01. The number of carbonyl (C=O) groups is 1. The third kappa shape index (κ3) is 4.53. The summed E-state index contributed by atoms with van der Waals surface area (Å²) >= 11 is 0. The molecule has 0 atom stereocenters. The minimum Gasteiger partial charge on any atom is -0.356 e. The third-order valence-electron chi connectivity index (χ3n) is 4.65. The van der Waals surface area contributed by atoms with Gasteiger partial charge in [-0.15, -0.1) is 0 Å². The zero-order chi connectivity index (χ0) is 16.1. The lowest BCUT2D eigenvalue weighted by Gasteiger charge is -2.20. The van der Waals surface area contributed by atoms with Crippen LogP contribution in [0.1, 0.15) is 56.2 Å². The van der Waals surface area contributed by atoms with Gasteiger partial charge in [0.25, 0.3) is 0 Å². The monoisotopic (exact) mass is 314 g/mol. The molecule has 124 valence electrons. The number of aryl methyl sites for hydroxylation is 2. The van der Waals surface area contributed by atoms with E-state index in [0.29, 0.717) is 12.3 Å². The number of carbonyl (C=O) groups excluding carboxylic acids is 1. The summed E-state index contributed by atoms with van der Waals surface area (Å²) in [5.74, 6) is 0.826. The van der Waals surface area contributed by atoms with Gasteiger partial charge in [0.2, 0.25) is 5.91 Å². The number of rotatable bonds is 6. The normalized spacial score (nSPS) is 15.9. The highest BCUT2D eigenvalue weighted by Crippen LogP contribution is 2.25. The topological polar surface area (TPSA) is 59.3 Å². The second-order valence-electron chi connectivity index (χ2n) is 6.71. The van der Waals surface area contributed by atoms with Crippen LogP contribution in [0.15, 0.2) is 18.5 Å². The smallest absolute Gasteiger partial charge is 0.220 e. The van der Waals surface area contributed by atoms with E-state index >= 15 is 0 Å². The molecule has 23 heavy (non-hydrogen) atoms. The number of hydrogen-bond acceptors (Lipinski definition) is 3. The SMILES string of the molecule is Cc1cc2ncc(CCCNC(=O)CC3CCCCC3)cn2n1. The highest BCUT2D eigenvalue weighted by molar-refractivity contribution is 5.76. The van der Waals surface area contributed by atoms with Crippen molar-refractivity contribution in [1.82, 2.24) is 19.9 Å². The van der Waals surface area contributed by atoms with Gasteiger partial charge in [0.15, 0.2) is 5.65 Å². The fourth-order valence-electron chi connectivity index (χ4n) is 3.41. The molecule has 1 N–H and O–H groups in total. The van der Waals surface area contributed by atoms with Gasteiger partial charge in [-0.2, -0.15) is 5.10 Å². The molecule has 0 bridgehead atoms. The molecule has 0 saturated heterocycles. The van der Waals surface area contributed by atoms with Crippen molar-refractivity contribution in [1.29, 1.82) is 0 Å². The highest BCUT2D eigenvalue weighted by atomic mass is 16.1. The van der Waals surface area contributed by atoms with Crippen LogP contribution < -0.4 is 5.32 Å². The molecule has 5 heteroatoms. The van der Waals surface area contributed by atoms with E-state index in [1.165, 1.54) is 32.1 Å². The number of aromatic nitrogens is 3. The van der Waals surface area contributed by atoms with E-state index in [1.54, 1.807) is 0 Å². The second kappa shape index (κ2) is 7.57. The maximum atomic E-state index is 12.0. The minimum atomic E-state index is 0.216. The largest absolute Gasteiger partial charge is 0.356 e. The highest BCUT2D eigenvalue weighted by Gasteiger charge is 2.16. The fraction of sp³-hybridized carbons (Fsp3) is 0.611. The number of nitrogens with zero attached hydrogens (tertiary/aromatic N) is 3. The molecule has 2 aromatic rings. The molecule has 1 aliphatic rings. The lowest BCUT2D eigenvalue weighted by Crippen LogP contribution is -2.27. The number of amides is 1. The first kappa shape index (κ1) is 16.0. The Kier molecular flexibility index (Phi) is 5.26. The average Bonchev–Trinajstić information content (AvgIpc) is 2.92. The maximum Gasteiger partial charge on any atom is 0.220 e. The van der Waals surface area contributed by atoms with Crippen LogP contribution in [0, 0.1) is 12.8 Å². The Labute approximate surface area is 137 Å². The van der Waals surface area contributed by atoms with Gasteiger partial charge in [-0.25, -0.2) is 9.50 Å². The lowest BCUT2D eigenvalue weighted by atomic mass is 9.87. The molecule has 1 saturated carbocycles. The first-order chi connectivity index (χ1) is 11.2. The molecule has 0 aliphatic heterocycles. The number of fused-ring (bicyclic) bond motifs is 1. The van der Waals surface area contributed by atoms with Crippen molar-refractivity contribution in [2.75, 3.05) is 6.54 Å². The molecule has 3 rings (SSSR count). The Morgan fingerprint density at radius 1 is 1.35 bits per heavy atom. The molecule has 5 nitrogen and oxygen atoms in total. The van der Waals surface area contributed by atoms with Gasteiger partial charge in [-0.3, -0.25) is 4.79 Å². The van der Waals surface area contributed by atoms with Crippen LogP contribution in [-0.4, -0.2) is 27.0 Å². The van der Waals surface area contributed by atoms with E-state index in [4.69, 9.17) is 0 Å². The number of nitrogens with one attached hydrogen (secondary N) is 1. The first-order valence-electron chi connectivity index (χ1n) is 8.78. The summed E-state index contributed by atoms with van der Waals surface area (Å²) in [5, 5.41) is 7.44. The molecule has 1 aliphatic carbocycles. The molecule has 0 spiro atoms. The molecule has 1 fully saturated rings. The van der Waals surface area contributed by atoms with Crippen LogP contribution >= 0.6 is 0 Å². The van der Waals surface area contributed by atoms with E-state index in [1.807, 2.05) is 29.9 Å². The Hall–Kier alpha value is -1.91. The Bertz CT molecular complexity index is 658. The van der Waals surface area contributed by atoms with E-state index in [2.05, 4.69) is 15.4 Å². The van der Waals surface area contributed by atoms with Crippen molar-refractivity contribution in [3.63, 3.8) is 0 Å². The zero-order valence-electron chi connectivity index (χ0n) is 13.9. The maximum absolute atomic E-state index is 12.0. The van der Waals surface area contributed by atoms with Gasteiger partial charge in [0.1, 0.15) is 0 Å². The van der Waals surface area contributed by atoms with Crippen molar-refractivity contribution in [3.05, 3.63) is 29.7 Å². The predicted octanol–water partition coefficient (Wildman–Crippen LogP) is 3.06. The van der Waals surface area contributed by atoms with Gasteiger partial charge in [0, 0.05) is 31.4 Å². The average molecular weight is 314 g/mol. The van der Waals surface area contributed by atoms with Gasteiger partial charge in [-0.05, 0) is 44.1 Å². The van der Waals surface area contributed by atoms with Crippen LogP contribution in [0.2, 0.25) is 0 Å². The van der Waals surface area contributed by atoms with Crippen molar-refractivity contribution < 1.29 is 4.79 Å². The third-order valence-corrected chi connectivity index (χ3v) is 4.65. The van der Waals surface area contributed by atoms with Crippen molar-refractivity contribution in [2.45, 2.75) is 58.3 Å². The summed E-state index contributed by atoms with van der Waals surface area (Å²) < 4.78 is 1.83. The quantitative estimate of drug-likeness (QED) is 0.834. The van der Waals surface area contributed by atoms with Gasteiger partial charge < -0.3 is 5.32 Å². The predicted molar refractivity (Wildman–Crippen MR) is 90.2 cm³/mol. The Morgan fingerprint density at radius 2 is 2.17 bits per heavy atom. The molecular weight excluding hydrogens is 288 g/mol. The second-order valence-corrected chi connectivity index (χ2v) is 6.71. The summed E-state index contributed by atoms with van der Waals surface area (Å²) in [6.45, 7) is 2.71.